The minimum atomic E-state index is 0.701. The van der Waals surface area contributed by atoms with Crippen molar-refractivity contribution < 1.29 is 9.47 Å². The van der Waals surface area contributed by atoms with Crippen LogP contribution < -0.4 is 9.47 Å². The van der Waals surface area contributed by atoms with Crippen LogP contribution >= 0.6 is 0 Å². The average molecular weight is 362 g/mol. The second-order valence-corrected chi connectivity index (χ2v) is 6.46. The van der Waals surface area contributed by atoms with Crippen LogP contribution in [0.5, 0.6) is 11.5 Å². The molecule has 0 spiro atoms. The van der Waals surface area contributed by atoms with E-state index in [4.69, 9.17) is 20.0 Å². The maximum Gasteiger partial charge on any atom is 0.292 e. The van der Waals surface area contributed by atoms with Crippen molar-refractivity contribution in [1.82, 2.24) is 0 Å². The molecule has 0 aliphatic heterocycles. The average Bonchev–Trinajstić information content (AvgIpc) is 2.69. The van der Waals surface area contributed by atoms with Gasteiger partial charge in [-0.2, -0.15) is 0 Å². The predicted octanol–water partition coefficient (Wildman–Crippen LogP) is 5.25. The van der Waals surface area contributed by atoms with E-state index in [0.29, 0.717) is 11.5 Å². The van der Waals surface area contributed by atoms with Gasteiger partial charge in [0.1, 0.15) is 11.5 Å². The van der Waals surface area contributed by atoms with E-state index in [-0.39, 0.29) is 0 Å². The maximum absolute atomic E-state index is 8.94. The molecule has 2 aromatic rings. The fourth-order valence-electron chi connectivity index (χ4n) is 3.50. The van der Waals surface area contributed by atoms with Crippen LogP contribution in [-0.2, 0) is 32.1 Å². The van der Waals surface area contributed by atoms with Crippen LogP contribution in [0.2, 0.25) is 0 Å². The van der Waals surface area contributed by atoms with Crippen molar-refractivity contribution >= 4 is 0 Å². The summed E-state index contributed by atoms with van der Waals surface area (Å²) in [7, 11) is 0. The standard InChI is InChI=1S/C23H26N2O2/c1-5-18-10-16(11-19(6-2)22(18)26-14-24)9-17-12-20(7-3)23(27-15-25)21(8-4)13-17/h10-13H,5-9H2,1-4H3. The Morgan fingerprint density at radius 3 is 1.15 bits per heavy atom. The van der Waals surface area contributed by atoms with Gasteiger partial charge in [0.15, 0.2) is 0 Å². The van der Waals surface area contributed by atoms with Crippen molar-refractivity contribution in [2.45, 2.75) is 59.8 Å². The Balaban J connectivity index is 2.48. The lowest BCUT2D eigenvalue weighted by Gasteiger charge is -2.15. The molecule has 2 rings (SSSR count). The third-order valence-corrected chi connectivity index (χ3v) is 4.83. The van der Waals surface area contributed by atoms with E-state index < -0.39 is 0 Å². The topological polar surface area (TPSA) is 66.0 Å². The Hall–Kier alpha value is -2.98. The Bertz CT molecular complexity index is 765. The highest BCUT2D eigenvalue weighted by Gasteiger charge is 2.14. The SMILES string of the molecule is CCc1cc(Cc2cc(CC)c(OC#N)c(CC)c2)cc(CC)c1OC#N. The quantitative estimate of drug-likeness (QED) is 0.602. The van der Waals surface area contributed by atoms with E-state index >= 15 is 0 Å². The summed E-state index contributed by atoms with van der Waals surface area (Å²) in [6.45, 7) is 8.28. The van der Waals surface area contributed by atoms with Crippen LogP contribution in [0.25, 0.3) is 0 Å². The molecular weight excluding hydrogens is 336 g/mol. The molecule has 0 aliphatic carbocycles. The van der Waals surface area contributed by atoms with E-state index in [0.717, 1.165) is 54.4 Å². The largest absolute Gasteiger partial charge is 0.387 e. The van der Waals surface area contributed by atoms with Gasteiger partial charge in [-0.1, -0.05) is 52.0 Å². The second-order valence-electron chi connectivity index (χ2n) is 6.46. The summed E-state index contributed by atoms with van der Waals surface area (Å²) in [6, 6.07) is 8.51. The maximum atomic E-state index is 8.94. The molecule has 0 N–H and O–H groups in total. The summed E-state index contributed by atoms with van der Waals surface area (Å²) in [5, 5.41) is 17.9. The van der Waals surface area contributed by atoms with Crippen molar-refractivity contribution in [2.75, 3.05) is 0 Å². The first-order chi connectivity index (χ1) is 13.1. The summed E-state index contributed by atoms with van der Waals surface area (Å²) in [4.78, 5) is 0. The van der Waals surface area contributed by atoms with Gasteiger partial charge in [0.05, 0.1) is 0 Å². The lowest BCUT2D eigenvalue weighted by atomic mass is 9.93. The highest BCUT2D eigenvalue weighted by Crippen LogP contribution is 2.31. The molecule has 0 fully saturated rings. The molecule has 4 heteroatoms. The molecule has 0 bridgehead atoms. The number of rotatable bonds is 8. The van der Waals surface area contributed by atoms with Gasteiger partial charge in [0.2, 0.25) is 0 Å². The van der Waals surface area contributed by atoms with Crippen molar-refractivity contribution in [1.29, 1.82) is 10.5 Å². The zero-order valence-electron chi connectivity index (χ0n) is 16.6. The zero-order chi connectivity index (χ0) is 19.8. The number of benzene rings is 2. The van der Waals surface area contributed by atoms with Gasteiger partial charge in [-0.25, -0.2) is 0 Å². The Labute approximate surface area is 162 Å². The number of ether oxygens (including phenoxy) is 2. The lowest BCUT2D eigenvalue weighted by molar-refractivity contribution is 0.494. The summed E-state index contributed by atoms with van der Waals surface area (Å²) in [6.07, 6.45) is 7.66. The number of aryl methyl sites for hydroxylation is 4. The Kier molecular flexibility index (Phi) is 7.26. The van der Waals surface area contributed by atoms with E-state index in [1.165, 1.54) is 11.1 Å². The van der Waals surface area contributed by atoms with Crippen molar-refractivity contribution in [3.63, 3.8) is 0 Å². The van der Waals surface area contributed by atoms with Crippen LogP contribution in [0.1, 0.15) is 61.1 Å². The van der Waals surface area contributed by atoms with Crippen LogP contribution in [0.4, 0.5) is 0 Å². The summed E-state index contributed by atoms with van der Waals surface area (Å²) >= 11 is 0. The summed E-state index contributed by atoms with van der Waals surface area (Å²) in [5.41, 5.74) is 6.63. The van der Waals surface area contributed by atoms with Gasteiger partial charge < -0.3 is 9.47 Å². The number of nitrogens with zero attached hydrogens (tertiary/aromatic N) is 2. The normalized spacial score (nSPS) is 10.1. The van der Waals surface area contributed by atoms with Crippen molar-refractivity contribution in [3.05, 3.63) is 57.6 Å². The molecule has 0 amide bonds. The lowest BCUT2D eigenvalue weighted by Crippen LogP contribution is -2.02. The smallest absolute Gasteiger partial charge is 0.292 e. The molecule has 0 atom stereocenters. The minimum Gasteiger partial charge on any atom is -0.387 e. The first-order valence-corrected chi connectivity index (χ1v) is 9.52. The number of hydrogen-bond donors (Lipinski definition) is 0. The highest BCUT2D eigenvalue weighted by molar-refractivity contribution is 5.49. The molecule has 140 valence electrons. The van der Waals surface area contributed by atoms with Crippen LogP contribution in [0, 0.1) is 23.0 Å². The molecule has 27 heavy (non-hydrogen) atoms. The van der Waals surface area contributed by atoms with Gasteiger partial charge >= 0.3 is 0 Å². The van der Waals surface area contributed by atoms with E-state index in [2.05, 4.69) is 52.0 Å². The molecule has 0 aliphatic rings. The molecule has 2 aromatic carbocycles. The molecule has 0 unspecified atom stereocenters. The first kappa shape index (κ1) is 20.3. The first-order valence-electron chi connectivity index (χ1n) is 9.52. The second kappa shape index (κ2) is 9.64. The number of hydrogen-bond acceptors (Lipinski definition) is 4. The fourth-order valence-corrected chi connectivity index (χ4v) is 3.50. The van der Waals surface area contributed by atoms with Gasteiger partial charge in [-0.3, -0.25) is 0 Å². The molecule has 0 aromatic heterocycles. The van der Waals surface area contributed by atoms with E-state index in [1.54, 1.807) is 0 Å². The molecule has 0 saturated carbocycles. The fraction of sp³-hybridized carbons (Fsp3) is 0.391. The predicted molar refractivity (Wildman–Crippen MR) is 106 cm³/mol. The molecule has 4 nitrogen and oxygen atoms in total. The van der Waals surface area contributed by atoms with Crippen LogP contribution in [0.15, 0.2) is 24.3 Å². The van der Waals surface area contributed by atoms with E-state index in [1.807, 2.05) is 12.5 Å². The Morgan fingerprint density at radius 1 is 0.630 bits per heavy atom. The molecule has 0 heterocycles. The zero-order valence-corrected chi connectivity index (χ0v) is 16.6. The third kappa shape index (κ3) is 4.60. The monoisotopic (exact) mass is 362 g/mol. The molecule has 0 saturated heterocycles. The van der Waals surface area contributed by atoms with Gasteiger partial charge in [-0.05, 0) is 65.5 Å². The third-order valence-electron chi connectivity index (χ3n) is 4.83. The number of nitriles is 2. The van der Waals surface area contributed by atoms with Crippen LogP contribution in [0.3, 0.4) is 0 Å². The summed E-state index contributed by atoms with van der Waals surface area (Å²) in [5.74, 6) is 1.40. The molecular formula is C23H26N2O2. The van der Waals surface area contributed by atoms with Gasteiger partial charge in [0.25, 0.3) is 12.5 Å². The molecule has 0 radical (unpaired) electrons. The van der Waals surface area contributed by atoms with Crippen LogP contribution in [-0.4, -0.2) is 0 Å². The van der Waals surface area contributed by atoms with Crippen molar-refractivity contribution in [3.8, 4) is 24.0 Å². The summed E-state index contributed by atoms with van der Waals surface area (Å²) < 4.78 is 10.5. The van der Waals surface area contributed by atoms with Gasteiger partial charge in [-0.15, -0.1) is 10.5 Å². The van der Waals surface area contributed by atoms with Crippen molar-refractivity contribution in [2.24, 2.45) is 0 Å². The van der Waals surface area contributed by atoms with Gasteiger partial charge in [0, 0.05) is 0 Å². The Morgan fingerprint density at radius 2 is 0.926 bits per heavy atom. The van der Waals surface area contributed by atoms with E-state index in [9.17, 15) is 0 Å². The minimum absolute atomic E-state index is 0.701. The highest BCUT2D eigenvalue weighted by atomic mass is 16.5.